The van der Waals surface area contributed by atoms with Crippen LogP contribution in [0.15, 0.2) is 66.4 Å². The molecule has 0 saturated heterocycles. The van der Waals surface area contributed by atoms with E-state index in [-0.39, 0.29) is 24.6 Å². The van der Waals surface area contributed by atoms with E-state index in [0.717, 1.165) is 66.4 Å². The molecule has 0 spiro atoms. The van der Waals surface area contributed by atoms with Gasteiger partial charge in [0.25, 0.3) is 5.91 Å². The Hall–Kier alpha value is -3.32. The molecule has 4 saturated carbocycles. The molecular formula is C32H37N3O4. The predicted molar refractivity (Wildman–Crippen MR) is 147 cm³/mol. The Morgan fingerprint density at radius 2 is 1.56 bits per heavy atom. The highest BCUT2D eigenvalue weighted by atomic mass is 16.6. The number of ether oxygens (including phenoxy) is 2. The molecule has 2 aromatic rings. The van der Waals surface area contributed by atoms with Crippen molar-refractivity contribution in [2.75, 3.05) is 0 Å². The van der Waals surface area contributed by atoms with Crippen molar-refractivity contribution < 1.29 is 19.1 Å². The van der Waals surface area contributed by atoms with Gasteiger partial charge in [0, 0.05) is 29.9 Å². The molecule has 2 amide bonds. The zero-order valence-electron chi connectivity index (χ0n) is 22.3. The SMILES string of the molecule is O=C(OCc1ccccc1)N1C=C2CC(N(C(=O)c3ccc(OC(C4CC4)C4CC4)cc3)C3CC3)CCC2N1. The molecule has 2 atom stereocenters. The maximum Gasteiger partial charge on any atom is 0.428 e. The minimum atomic E-state index is -0.402. The van der Waals surface area contributed by atoms with Gasteiger partial charge >= 0.3 is 6.09 Å². The normalized spacial score (nSPS) is 24.2. The number of amides is 2. The number of fused-ring (bicyclic) bond motifs is 1. The van der Waals surface area contributed by atoms with Gasteiger partial charge in [0.2, 0.25) is 0 Å². The van der Waals surface area contributed by atoms with Gasteiger partial charge in [-0.1, -0.05) is 30.3 Å². The van der Waals surface area contributed by atoms with Crippen molar-refractivity contribution in [3.05, 3.63) is 77.5 Å². The van der Waals surface area contributed by atoms with E-state index in [0.29, 0.717) is 12.1 Å². The van der Waals surface area contributed by atoms with Crippen LogP contribution in [-0.2, 0) is 11.3 Å². The van der Waals surface area contributed by atoms with Gasteiger partial charge in [-0.05, 0) is 105 Å². The van der Waals surface area contributed by atoms with Gasteiger partial charge in [-0.15, -0.1) is 0 Å². The third kappa shape index (κ3) is 5.55. The Labute approximate surface area is 230 Å². The first-order valence-electron chi connectivity index (χ1n) is 14.7. The van der Waals surface area contributed by atoms with Crippen LogP contribution < -0.4 is 10.2 Å². The third-order valence-corrected chi connectivity index (χ3v) is 8.81. The quantitative estimate of drug-likeness (QED) is 0.445. The molecule has 0 radical (unpaired) electrons. The summed E-state index contributed by atoms with van der Waals surface area (Å²) in [4.78, 5) is 28.6. The number of hydrazine groups is 1. The first-order chi connectivity index (χ1) is 19.1. The fourth-order valence-corrected chi connectivity index (χ4v) is 6.25. The number of carbonyl (C=O) groups excluding carboxylic acids is 2. The first-order valence-corrected chi connectivity index (χ1v) is 14.7. The fraction of sp³-hybridized carbons (Fsp3) is 0.500. The van der Waals surface area contributed by atoms with Gasteiger partial charge in [-0.3, -0.25) is 4.79 Å². The molecule has 7 heteroatoms. The second kappa shape index (κ2) is 10.3. The minimum Gasteiger partial charge on any atom is -0.490 e. The summed E-state index contributed by atoms with van der Waals surface area (Å²) in [5.41, 5.74) is 6.14. The number of hydrogen-bond acceptors (Lipinski definition) is 5. The topological polar surface area (TPSA) is 71.1 Å². The molecule has 1 aliphatic heterocycles. The van der Waals surface area contributed by atoms with Crippen LogP contribution in [0.2, 0.25) is 0 Å². The average molecular weight is 528 g/mol. The van der Waals surface area contributed by atoms with Gasteiger partial charge < -0.3 is 14.4 Å². The number of nitrogens with zero attached hydrogens (tertiary/aromatic N) is 2. The molecule has 1 N–H and O–H groups in total. The summed E-state index contributed by atoms with van der Waals surface area (Å²) in [5, 5.41) is 1.48. The molecular weight excluding hydrogens is 490 g/mol. The van der Waals surface area contributed by atoms with E-state index in [1.165, 1.54) is 30.7 Å². The third-order valence-electron chi connectivity index (χ3n) is 8.81. The Kier molecular flexibility index (Phi) is 6.55. The summed E-state index contributed by atoms with van der Waals surface area (Å²) in [6.45, 7) is 0.240. The summed E-state index contributed by atoms with van der Waals surface area (Å²) in [6, 6.07) is 18.1. The van der Waals surface area contributed by atoms with Crippen molar-refractivity contribution in [2.24, 2.45) is 11.8 Å². The highest BCUT2D eigenvalue weighted by Gasteiger charge is 2.44. The lowest BCUT2D eigenvalue weighted by Crippen LogP contribution is -2.47. The summed E-state index contributed by atoms with van der Waals surface area (Å²) < 4.78 is 11.9. The first kappa shape index (κ1) is 24.7. The van der Waals surface area contributed by atoms with Crippen LogP contribution in [0.1, 0.15) is 73.7 Å². The highest BCUT2D eigenvalue weighted by molar-refractivity contribution is 5.95. The van der Waals surface area contributed by atoms with Crippen molar-refractivity contribution in [1.29, 1.82) is 0 Å². The molecule has 2 aromatic carbocycles. The maximum absolute atomic E-state index is 13.7. The van der Waals surface area contributed by atoms with Crippen LogP contribution in [-0.4, -0.2) is 46.1 Å². The lowest BCUT2D eigenvalue weighted by Gasteiger charge is -2.37. The summed E-state index contributed by atoms with van der Waals surface area (Å²) in [5.74, 6) is 2.44. The Balaban J connectivity index is 0.988. The molecule has 4 aliphatic carbocycles. The fourth-order valence-electron chi connectivity index (χ4n) is 6.25. The molecule has 4 fully saturated rings. The highest BCUT2D eigenvalue weighted by Crippen LogP contribution is 2.46. The minimum absolute atomic E-state index is 0.110. The maximum atomic E-state index is 13.7. The Morgan fingerprint density at radius 3 is 2.23 bits per heavy atom. The predicted octanol–water partition coefficient (Wildman–Crippen LogP) is 5.82. The zero-order chi connectivity index (χ0) is 26.3. The van der Waals surface area contributed by atoms with Gasteiger partial charge in [0.05, 0.1) is 0 Å². The molecule has 39 heavy (non-hydrogen) atoms. The van der Waals surface area contributed by atoms with Gasteiger partial charge in [-0.25, -0.2) is 15.2 Å². The summed E-state index contributed by atoms with van der Waals surface area (Å²) in [6.07, 6.45) is 11.7. The standard InChI is InChI=1S/C32H37N3O4/c36-31(24-10-15-28(16-11-24)39-30(22-6-7-22)23-8-9-23)35(26-12-13-26)27-14-17-29-25(18-27)19-34(33-29)32(37)38-20-21-4-2-1-3-5-21/h1-5,10-11,15-16,19,22-23,26-27,29-30,33H,6-9,12-14,17-18,20H2. The van der Waals surface area contributed by atoms with Crippen LogP contribution in [0.3, 0.4) is 0 Å². The van der Waals surface area contributed by atoms with E-state index >= 15 is 0 Å². The number of nitrogens with one attached hydrogen (secondary N) is 1. The van der Waals surface area contributed by atoms with E-state index < -0.39 is 6.09 Å². The van der Waals surface area contributed by atoms with Crippen molar-refractivity contribution in [2.45, 2.75) is 88.6 Å². The molecule has 0 aromatic heterocycles. The van der Waals surface area contributed by atoms with Crippen LogP contribution >= 0.6 is 0 Å². The number of carbonyl (C=O) groups is 2. The number of rotatable bonds is 9. The molecule has 5 aliphatic rings. The van der Waals surface area contributed by atoms with E-state index in [1.807, 2.05) is 60.8 Å². The van der Waals surface area contributed by atoms with E-state index in [2.05, 4.69) is 10.3 Å². The molecule has 204 valence electrons. The van der Waals surface area contributed by atoms with Gasteiger partial charge in [0.1, 0.15) is 18.5 Å². The molecule has 7 rings (SSSR count). The second-order valence-corrected chi connectivity index (χ2v) is 12.0. The average Bonchev–Trinajstić information content (AvgIpc) is 3.82. The lowest BCUT2D eigenvalue weighted by atomic mass is 9.86. The van der Waals surface area contributed by atoms with Crippen molar-refractivity contribution in [1.82, 2.24) is 15.3 Å². The van der Waals surface area contributed by atoms with Crippen LogP contribution in [0.4, 0.5) is 4.79 Å². The lowest BCUT2D eigenvalue weighted by molar-refractivity contribution is 0.0625. The van der Waals surface area contributed by atoms with Crippen molar-refractivity contribution >= 4 is 12.0 Å². The second-order valence-electron chi connectivity index (χ2n) is 12.0. The van der Waals surface area contributed by atoms with Crippen LogP contribution in [0, 0.1) is 11.8 Å². The van der Waals surface area contributed by atoms with E-state index in [4.69, 9.17) is 9.47 Å². The molecule has 2 unspecified atom stereocenters. The number of hydrogen-bond donors (Lipinski definition) is 1. The zero-order valence-corrected chi connectivity index (χ0v) is 22.3. The van der Waals surface area contributed by atoms with Crippen molar-refractivity contribution in [3.63, 3.8) is 0 Å². The Morgan fingerprint density at radius 1 is 0.872 bits per heavy atom. The summed E-state index contributed by atoms with van der Waals surface area (Å²) in [7, 11) is 0. The van der Waals surface area contributed by atoms with E-state index in [1.54, 1.807) is 0 Å². The van der Waals surface area contributed by atoms with Crippen LogP contribution in [0.5, 0.6) is 5.75 Å². The molecule has 0 bridgehead atoms. The smallest absolute Gasteiger partial charge is 0.428 e. The van der Waals surface area contributed by atoms with E-state index in [9.17, 15) is 9.59 Å². The van der Waals surface area contributed by atoms with Gasteiger partial charge in [-0.2, -0.15) is 0 Å². The van der Waals surface area contributed by atoms with Crippen molar-refractivity contribution in [3.8, 4) is 5.75 Å². The monoisotopic (exact) mass is 527 g/mol. The molecule has 1 heterocycles. The van der Waals surface area contributed by atoms with Gasteiger partial charge in [0.15, 0.2) is 0 Å². The largest absolute Gasteiger partial charge is 0.490 e. The number of benzene rings is 2. The summed E-state index contributed by atoms with van der Waals surface area (Å²) >= 11 is 0. The van der Waals surface area contributed by atoms with Crippen LogP contribution in [0.25, 0.3) is 0 Å². The Bertz CT molecular complexity index is 1220. The molecule has 7 nitrogen and oxygen atoms in total.